The first-order chi connectivity index (χ1) is 31.8. The van der Waals surface area contributed by atoms with Crippen LogP contribution in [0.5, 0.6) is 0 Å². The van der Waals surface area contributed by atoms with Gasteiger partial charge < -0.3 is 51.4 Å². The summed E-state index contributed by atoms with van der Waals surface area (Å²) in [4.78, 5) is 84.8. The van der Waals surface area contributed by atoms with E-state index in [2.05, 4.69) is 72.3 Å². The number of carbonyl (C=O) groups is 6. The van der Waals surface area contributed by atoms with Gasteiger partial charge in [-0.2, -0.15) is 0 Å². The van der Waals surface area contributed by atoms with Crippen LogP contribution in [0.15, 0.2) is 24.3 Å². The fourth-order valence-electron chi connectivity index (χ4n) is 7.04. The number of rotatable bonds is 30. The first-order valence-corrected chi connectivity index (χ1v) is 27.4. The zero-order chi connectivity index (χ0) is 48.5. The minimum atomic E-state index is -2.98. The van der Waals surface area contributed by atoms with Gasteiger partial charge in [0, 0.05) is 137 Å². The molecule has 0 aromatic heterocycles. The normalized spacial score (nSPS) is 15.5. The zero-order valence-electron chi connectivity index (χ0n) is 40.0. The summed E-state index contributed by atoms with van der Waals surface area (Å²) < 4.78 is 19.2. The van der Waals surface area contributed by atoms with E-state index in [1.165, 1.54) is 11.8 Å². The number of nitrogens with zero attached hydrogens (tertiary/aromatic N) is 4. The first kappa shape index (κ1) is 63.0. The van der Waals surface area contributed by atoms with E-state index in [1.54, 1.807) is 31.2 Å². The summed E-state index contributed by atoms with van der Waals surface area (Å²) in [5, 5.41) is 17.1. The third-order valence-corrected chi connectivity index (χ3v) is 13.8. The van der Waals surface area contributed by atoms with E-state index < -0.39 is 21.4 Å². The number of hydrogen-bond acceptors (Lipinski definition) is 13. The van der Waals surface area contributed by atoms with Gasteiger partial charge in [0.1, 0.15) is 0 Å². The van der Waals surface area contributed by atoms with Gasteiger partial charge in [0.2, 0.25) is 17.7 Å². The summed E-state index contributed by atoms with van der Waals surface area (Å²) in [5.41, 5.74) is 0.508. The van der Waals surface area contributed by atoms with Crippen molar-refractivity contribution in [2.45, 2.75) is 90.1 Å². The molecule has 1 aromatic carbocycles. The number of nitrogens with one attached hydrogen (secondary N) is 6. The molecule has 0 spiro atoms. The SMILES string of the molecule is [CH2-]CN1CCN(C[CH2-])CCN(CC(=O)NCCCCCC(=O)NCCCCCC(=O)N[C@H](C)CCC(=O)N[C@@H](CSCC(=O)Nc2ccc([As](O)O)cc2)C(=O)NCC)CCN(C[CH2-])CC1.[Gd]. The maximum atomic E-state index is 12.8. The molecule has 1 heterocycles. The molecule has 1 saturated heterocycles. The zero-order valence-corrected chi connectivity index (χ0v) is 45.0. The maximum absolute atomic E-state index is 12.8. The Hall–Kier alpha value is -1.97. The van der Waals surface area contributed by atoms with Crippen LogP contribution in [0.4, 0.5) is 5.69 Å². The van der Waals surface area contributed by atoms with Crippen molar-refractivity contribution < 1.29 is 76.9 Å². The fraction of sp³-hybridized carbons (Fsp3) is 0.674. The van der Waals surface area contributed by atoms with E-state index in [0.29, 0.717) is 61.9 Å². The van der Waals surface area contributed by atoms with E-state index >= 15 is 0 Å². The Bertz CT molecular complexity index is 1550. The topological polar surface area (TPSA) is 228 Å². The Balaban J connectivity index is 0.0000224. The van der Waals surface area contributed by atoms with Gasteiger partial charge in [-0.05, 0) is 46.0 Å². The molecule has 21 heteroatoms. The van der Waals surface area contributed by atoms with Crippen molar-refractivity contribution in [1.29, 1.82) is 0 Å². The van der Waals surface area contributed by atoms with Crippen LogP contribution in [0.25, 0.3) is 0 Å². The quantitative estimate of drug-likeness (QED) is 0.0290. The summed E-state index contributed by atoms with van der Waals surface area (Å²) in [6, 6.07) is 5.18. The molecule has 384 valence electrons. The Morgan fingerprint density at radius 2 is 1.13 bits per heavy atom. The monoisotopic (exact) mass is 1170 g/mol. The van der Waals surface area contributed by atoms with E-state index in [4.69, 9.17) is 0 Å². The van der Waals surface area contributed by atoms with Crippen molar-refractivity contribution in [2.75, 3.05) is 115 Å². The van der Waals surface area contributed by atoms with E-state index in [-0.39, 0.29) is 99.4 Å². The average Bonchev–Trinajstić information content (AvgIpc) is 3.28. The van der Waals surface area contributed by atoms with Crippen LogP contribution in [0.3, 0.4) is 0 Å². The summed E-state index contributed by atoms with van der Waals surface area (Å²) in [7, 11) is 0. The minimum Gasteiger partial charge on any atom is -0.330 e. The molecule has 1 aliphatic rings. The minimum absolute atomic E-state index is 0. The van der Waals surface area contributed by atoms with Gasteiger partial charge >= 0.3 is 130 Å². The number of hydrogen-bond donors (Lipinski definition) is 8. The Kier molecular flexibility index (Phi) is 36.5. The van der Waals surface area contributed by atoms with E-state index in [9.17, 15) is 37.0 Å². The van der Waals surface area contributed by atoms with Crippen molar-refractivity contribution in [3.63, 3.8) is 0 Å². The van der Waals surface area contributed by atoms with Gasteiger partial charge in [0.05, 0.1) is 6.54 Å². The molecule has 18 nitrogen and oxygen atoms in total. The predicted octanol–water partition coefficient (Wildman–Crippen LogP) is 0.0210. The smallest absolute Gasteiger partial charge is 0.330 e. The van der Waals surface area contributed by atoms with E-state index in [0.717, 1.165) is 104 Å². The summed E-state index contributed by atoms with van der Waals surface area (Å²) in [5.74, 6) is -0.863. The molecule has 1 aromatic rings. The van der Waals surface area contributed by atoms with Gasteiger partial charge in [0.25, 0.3) is 0 Å². The number of unbranched alkanes of at least 4 members (excludes halogenated alkanes) is 4. The van der Waals surface area contributed by atoms with Gasteiger partial charge in [-0.1, -0.05) is 12.8 Å². The molecule has 1 aliphatic heterocycles. The Morgan fingerprint density at radius 3 is 1.64 bits per heavy atom. The van der Waals surface area contributed by atoms with Crippen molar-refractivity contribution in [3.8, 4) is 0 Å². The van der Waals surface area contributed by atoms with Gasteiger partial charge in [-0.15, -0.1) is 19.6 Å². The van der Waals surface area contributed by atoms with Crippen LogP contribution in [0.1, 0.15) is 78.1 Å². The number of thioether (sulfide) groups is 1. The molecule has 1 fully saturated rings. The van der Waals surface area contributed by atoms with Crippen molar-refractivity contribution in [2.24, 2.45) is 0 Å². The van der Waals surface area contributed by atoms with Crippen LogP contribution in [0, 0.1) is 60.7 Å². The molecule has 0 bridgehead atoms. The number of benzene rings is 1. The van der Waals surface area contributed by atoms with Crippen molar-refractivity contribution in [3.05, 3.63) is 45.0 Å². The third-order valence-electron chi connectivity index (χ3n) is 11.2. The van der Waals surface area contributed by atoms with Crippen LogP contribution in [-0.4, -0.2) is 200 Å². The van der Waals surface area contributed by atoms with Crippen molar-refractivity contribution in [1.82, 2.24) is 46.2 Å². The third kappa shape index (κ3) is 30.4. The second kappa shape index (κ2) is 38.7. The van der Waals surface area contributed by atoms with Crippen molar-refractivity contribution >= 4 is 72.6 Å². The predicted molar refractivity (Wildman–Crippen MR) is 264 cm³/mol. The average molecular weight is 1170 g/mol. The second-order valence-electron chi connectivity index (χ2n) is 16.5. The van der Waals surface area contributed by atoms with Crippen LogP contribution in [0.2, 0.25) is 0 Å². The standard InChI is InChI=1S/C46H80AsN10O8S.Gd/c1-6-48-46(63)40(35-66-36-45(62)52-39-21-19-38(20-22-39)47(64)65)53-43(60)23-18-37(5)51-42(59)17-13-11-14-24-49-41(58)16-12-10-15-25-50-44(61)34-57-32-30-55(8-3)28-26-54(7-2)27-29-56(9-4)31-33-57;/h19-22,37,40,64-65H,2-4,6-18,23-36H2,1,5H3,(H,48,63)(H,49,58)(H,50,61)(H,51,59)(H,52,62)(H,53,60);/q-3;/t37-,40+;/m1./s1. The Labute approximate surface area is 442 Å². The summed E-state index contributed by atoms with van der Waals surface area (Å²) >= 11 is -1.78. The molecule has 0 saturated carbocycles. The van der Waals surface area contributed by atoms with Crippen LogP contribution < -0.4 is 36.3 Å². The van der Waals surface area contributed by atoms with E-state index in [1.807, 2.05) is 6.92 Å². The van der Waals surface area contributed by atoms with Gasteiger partial charge in [-0.25, -0.2) is 0 Å². The Morgan fingerprint density at radius 1 is 0.642 bits per heavy atom. The van der Waals surface area contributed by atoms with Gasteiger partial charge in [0.15, 0.2) is 0 Å². The number of carbonyl (C=O) groups excluding carboxylic acids is 6. The molecule has 0 unspecified atom stereocenters. The van der Waals surface area contributed by atoms with Gasteiger partial charge in [-0.3, -0.25) is 24.1 Å². The molecule has 0 radical (unpaired) electrons. The number of anilines is 1. The molecule has 2 atom stereocenters. The molecule has 0 aliphatic carbocycles. The molecular weight excluding hydrogens is 1080 g/mol. The number of amides is 6. The molecule has 6 amide bonds. The molecular formula is C46H80AsGdN10O8S-3. The molecule has 2 rings (SSSR count). The molecule has 67 heavy (non-hydrogen) atoms. The fourth-order valence-corrected chi connectivity index (χ4v) is 8.76. The van der Waals surface area contributed by atoms with Crippen LogP contribution >= 0.6 is 11.8 Å². The second-order valence-corrected chi connectivity index (χ2v) is 19.9. The molecule has 8 N–H and O–H groups in total. The summed E-state index contributed by atoms with van der Waals surface area (Å²) in [6.07, 6.45) is 5.86. The van der Waals surface area contributed by atoms with Crippen LogP contribution in [-0.2, 0) is 28.8 Å². The summed E-state index contributed by atoms with van der Waals surface area (Å²) in [6.45, 7) is 27.0. The number of likely N-dealkylation sites (N-methyl/N-ethyl adjacent to an activating group) is 1. The first-order valence-electron chi connectivity index (χ1n) is 23.6.